The van der Waals surface area contributed by atoms with Crippen molar-refractivity contribution in [1.29, 1.82) is 0 Å². The Morgan fingerprint density at radius 1 is 1.05 bits per heavy atom. The topological polar surface area (TPSA) is 9.23 Å². The van der Waals surface area contributed by atoms with Crippen molar-refractivity contribution in [2.45, 2.75) is 17.2 Å². The second-order valence-electron chi connectivity index (χ2n) is 3.86. The van der Waals surface area contributed by atoms with Crippen molar-refractivity contribution < 1.29 is 35.5 Å². The first-order valence-electron chi connectivity index (χ1n) is 5.09. The van der Waals surface area contributed by atoms with Crippen molar-refractivity contribution in [2.75, 3.05) is 7.11 Å². The van der Waals surface area contributed by atoms with Crippen molar-refractivity contribution in [3.63, 3.8) is 0 Å². The average molecular weight is 369 g/mol. The van der Waals surface area contributed by atoms with Gasteiger partial charge in [-0.05, 0) is 17.7 Å². The van der Waals surface area contributed by atoms with E-state index in [9.17, 15) is 30.7 Å². The SMILES string of the molecule is COc1ccc(C(Br)C(C(F)(F)F)C(F)(F)F)cc1F. The molecule has 0 N–H and O–H groups in total. The van der Waals surface area contributed by atoms with Crippen LogP contribution < -0.4 is 4.74 Å². The zero-order valence-corrected chi connectivity index (χ0v) is 11.4. The van der Waals surface area contributed by atoms with E-state index in [1.54, 1.807) is 0 Å². The summed E-state index contributed by atoms with van der Waals surface area (Å²) in [5, 5.41) is 0. The van der Waals surface area contributed by atoms with Crippen LogP contribution in [0.25, 0.3) is 0 Å². The molecule has 0 fully saturated rings. The van der Waals surface area contributed by atoms with E-state index >= 15 is 0 Å². The van der Waals surface area contributed by atoms with Crippen LogP contribution in [0.15, 0.2) is 18.2 Å². The highest BCUT2D eigenvalue weighted by molar-refractivity contribution is 9.09. The van der Waals surface area contributed by atoms with Crippen molar-refractivity contribution >= 4 is 15.9 Å². The molecule has 0 spiro atoms. The number of benzene rings is 1. The molecule has 0 amide bonds. The van der Waals surface area contributed by atoms with E-state index in [1.807, 2.05) is 0 Å². The lowest BCUT2D eigenvalue weighted by Crippen LogP contribution is -2.39. The van der Waals surface area contributed by atoms with E-state index in [-0.39, 0.29) is 5.75 Å². The molecule has 1 rings (SSSR count). The quantitative estimate of drug-likeness (QED) is 0.538. The molecule has 20 heavy (non-hydrogen) atoms. The molecule has 0 aromatic heterocycles. The fourth-order valence-corrected chi connectivity index (χ4v) is 2.45. The molecule has 0 aliphatic carbocycles. The maximum Gasteiger partial charge on any atom is 0.401 e. The summed E-state index contributed by atoms with van der Waals surface area (Å²) >= 11 is 2.36. The highest BCUT2D eigenvalue weighted by Gasteiger charge is 2.60. The lowest BCUT2D eigenvalue weighted by atomic mass is 9.97. The minimum absolute atomic E-state index is 0.274. The van der Waals surface area contributed by atoms with Crippen molar-refractivity contribution in [2.24, 2.45) is 5.92 Å². The Labute approximate surface area is 117 Å². The van der Waals surface area contributed by atoms with Gasteiger partial charge in [-0.3, -0.25) is 0 Å². The van der Waals surface area contributed by atoms with Crippen LogP contribution in [-0.4, -0.2) is 19.5 Å². The zero-order chi connectivity index (χ0) is 15.7. The van der Waals surface area contributed by atoms with Crippen molar-refractivity contribution in [1.82, 2.24) is 0 Å². The second kappa shape index (κ2) is 5.79. The molecule has 1 unspecified atom stereocenters. The molecule has 0 aliphatic heterocycles. The Bertz CT molecular complexity index is 455. The fourth-order valence-electron chi connectivity index (χ4n) is 1.56. The molecule has 0 saturated heterocycles. The summed E-state index contributed by atoms with van der Waals surface area (Å²) in [6.07, 6.45) is -11.0. The van der Waals surface area contributed by atoms with E-state index in [4.69, 9.17) is 0 Å². The van der Waals surface area contributed by atoms with E-state index in [0.717, 1.165) is 19.2 Å². The molecular weight excluding hydrogens is 361 g/mol. The van der Waals surface area contributed by atoms with Crippen LogP contribution in [0.5, 0.6) is 5.75 Å². The van der Waals surface area contributed by atoms with Crippen LogP contribution in [0.4, 0.5) is 30.7 Å². The lowest BCUT2D eigenvalue weighted by Gasteiger charge is -2.27. The molecule has 0 saturated carbocycles. The molecule has 0 heterocycles. The number of rotatable bonds is 3. The normalized spacial score (nSPS) is 14.5. The maximum absolute atomic E-state index is 13.4. The van der Waals surface area contributed by atoms with Gasteiger partial charge in [0.2, 0.25) is 0 Å². The van der Waals surface area contributed by atoms with E-state index < -0.39 is 34.5 Å². The second-order valence-corrected chi connectivity index (χ2v) is 4.84. The number of halogens is 8. The first kappa shape index (κ1) is 17.1. The Morgan fingerprint density at radius 3 is 1.90 bits per heavy atom. The molecule has 0 bridgehead atoms. The van der Waals surface area contributed by atoms with Gasteiger partial charge in [0, 0.05) is 0 Å². The fraction of sp³-hybridized carbons (Fsp3) is 0.455. The summed E-state index contributed by atoms with van der Waals surface area (Å²) in [7, 11) is 1.12. The number of ether oxygens (including phenoxy) is 1. The molecule has 1 atom stereocenters. The average Bonchev–Trinajstić information content (AvgIpc) is 2.24. The summed E-state index contributed by atoms with van der Waals surface area (Å²) in [4.78, 5) is -2.15. The summed E-state index contributed by atoms with van der Waals surface area (Å²) in [6.45, 7) is 0. The van der Waals surface area contributed by atoms with Crippen molar-refractivity contribution in [3.05, 3.63) is 29.6 Å². The van der Waals surface area contributed by atoms with Crippen LogP contribution in [-0.2, 0) is 0 Å². The van der Waals surface area contributed by atoms with Gasteiger partial charge in [-0.2, -0.15) is 26.3 Å². The third-order valence-electron chi connectivity index (χ3n) is 2.49. The highest BCUT2D eigenvalue weighted by atomic mass is 79.9. The summed E-state index contributed by atoms with van der Waals surface area (Å²) in [5.74, 6) is -4.95. The van der Waals surface area contributed by atoms with E-state index in [1.165, 1.54) is 0 Å². The third-order valence-corrected chi connectivity index (χ3v) is 3.55. The minimum atomic E-state index is -5.51. The van der Waals surface area contributed by atoms with Gasteiger partial charge in [-0.1, -0.05) is 22.0 Å². The Balaban J connectivity index is 3.20. The third kappa shape index (κ3) is 3.77. The monoisotopic (exact) mass is 368 g/mol. The molecule has 9 heteroatoms. The van der Waals surface area contributed by atoms with Gasteiger partial charge in [-0.15, -0.1) is 0 Å². The van der Waals surface area contributed by atoms with Gasteiger partial charge < -0.3 is 4.74 Å². The van der Waals surface area contributed by atoms with Gasteiger partial charge in [-0.25, -0.2) is 4.39 Å². The summed E-state index contributed by atoms with van der Waals surface area (Å²) in [6, 6.07) is 2.47. The molecule has 114 valence electrons. The van der Waals surface area contributed by atoms with Gasteiger partial charge >= 0.3 is 12.4 Å². The molecule has 1 aromatic rings. The van der Waals surface area contributed by atoms with Crippen LogP contribution in [0, 0.1) is 11.7 Å². The standard InChI is InChI=1S/C11H8BrF7O/c1-20-7-3-2-5(4-6(7)13)8(12)9(10(14,15)16)11(17,18)19/h2-4,8-9H,1H3. The first-order valence-corrected chi connectivity index (χ1v) is 6.01. The zero-order valence-electron chi connectivity index (χ0n) is 9.82. The highest BCUT2D eigenvalue weighted by Crippen LogP contribution is 2.50. The van der Waals surface area contributed by atoms with Crippen LogP contribution in [0.1, 0.15) is 10.4 Å². The molecule has 0 radical (unpaired) electrons. The predicted octanol–water partition coefficient (Wildman–Crippen LogP) is 5.01. The Kier molecular flexibility index (Phi) is 4.94. The van der Waals surface area contributed by atoms with Crippen molar-refractivity contribution in [3.8, 4) is 5.75 Å². The number of methoxy groups -OCH3 is 1. The number of hydrogen-bond donors (Lipinski definition) is 0. The van der Waals surface area contributed by atoms with Crippen LogP contribution in [0.3, 0.4) is 0 Å². The molecule has 0 aliphatic rings. The summed E-state index contributed by atoms with van der Waals surface area (Å²) in [5.41, 5.74) is -0.483. The smallest absolute Gasteiger partial charge is 0.401 e. The number of hydrogen-bond acceptors (Lipinski definition) is 1. The molecule has 1 nitrogen and oxygen atoms in total. The van der Waals surface area contributed by atoms with Gasteiger partial charge in [0.05, 0.1) is 11.9 Å². The summed E-state index contributed by atoms with van der Waals surface area (Å²) < 4.78 is 93.1. The number of alkyl halides is 7. The first-order chi connectivity index (χ1) is 8.98. The van der Waals surface area contributed by atoms with Gasteiger partial charge in [0.15, 0.2) is 17.5 Å². The largest absolute Gasteiger partial charge is 0.494 e. The molecular formula is C11H8BrF7O. The maximum atomic E-state index is 13.4. The van der Waals surface area contributed by atoms with E-state index in [0.29, 0.717) is 6.07 Å². The molecule has 1 aromatic carbocycles. The minimum Gasteiger partial charge on any atom is -0.494 e. The predicted molar refractivity (Wildman–Crippen MR) is 60.2 cm³/mol. The van der Waals surface area contributed by atoms with Gasteiger partial charge in [0.25, 0.3) is 0 Å². The Hall–Kier alpha value is -0.990. The van der Waals surface area contributed by atoms with E-state index in [2.05, 4.69) is 20.7 Å². The lowest BCUT2D eigenvalue weighted by molar-refractivity contribution is -0.283. The van der Waals surface area contributed by atoms with Gasteiger partial charge in [0.1, 0.15) is 0 Å². The van der Waals surface area contributed by atoms with Crippen LogP contribution >= 0.6 is 15.9 Å². The Morgan fingerprint density at radius 2 is 1.55 bits per heavy atom. The van der Waals surface area contributed by atoms with Crippen LogP contribution in [0.2, 0.25) is 0 Å².